The van der Waals surface area contributed by atoms with Crippen molar-refractivity contribution in [1.29, 1.82) is 0 Å². The van der Waals surface area contributed by atoms with Crippen LogP contribution in [-0.2, 0) is 0 Å². The summed E-state index contributed by atoms with van der Waals surface area (Å²) in [6.45, 7) is 10.8. The topological polar surface area (TPSA) is 12.0 Å². The highest BCUT2D eigenvalue weighted by molar-refractivity contribution is 7.86. The van der Waals surface area contributed by atoms with Crippen LogP contribution in [0, 0.1) is 5.41 Å². The second-order valence-electron chi connectivity index (χ2n) is 5.62. The molecule has 0 spiro atoms. The van der Waals surface area contributed by atoms with Crippen molar-refractivity contribution in [3.63, 3.8) is 0 Å². The van der Waals surface area contributed by atoms with Crippen molar-refractivity contribution < 1.29 is 0 Å². The number of nitrogens with one attached hydrogen (secondary N) is 1. The number of thiol groups is 3. The van der Waals surface area contributed by atoms with Crippen molar-refractivity contribution in [2.24, 2.45) is 5.41 Å². The lowest BCUT2D eigenvalue weighted by molar-refractivity contribution is 0.131. The summed E-state index contributed by atoms with van der Waals surface area (Å²) in [6, 6.07) is 0. The minimum atomic E-state index is -0.255. The molecule has 0 amide bonds. The lowest BCUT2D eigenvalue weighted by Gasteiger charge is -2.57. The van der Waals surface area contributed by atoms with Crippen molar-refractivity contribution in [2.75, 3.05) is 0 Å². The third-order valence-electron chi connectivity index (χ3n) is 3.20. The molecule has 1 rings (SSSR count). The maximum atomic E-state index is 4.71. The first-order valence-corrected chi connectivity index (χ1v) is 6.37. The maximum absolute atomic E-state index is 4.71. The highest BCUT2D eigenvalue weighted by Crippen LogP contribution is 2.48. The Morgan fingerprint density at radius 2 is 1.36 bits per heavy atom. The SMILES string of the molecule is CC1(C)NC(C)(S)C(S)C(C)(C)C1S. The molecule has 0 saturated carbocycles. The largest absolute Gasteiger partial charge is 0.296 e. The van der Waals surface area contributed by atoms with Gasteiger partial charge in [0.2, 0.25) is 0 Å². The van der Waals surface area contributed by atoms with Gasteiger partial charge in [-0.1, -0.05) is 13.8 Å². The van der Waals surface area contributed by atoms with Gasteiger partial charge in [-0.25, -0.2) is 0 Å². The van der Waals surface area contributed by atoms with Gasteiger partial charge in [0.25, 0.3) is 0 Å². The van der Waals surface area contributed by atoms with Gasteiger partial charge in [-0.3, -0.25) is 5.32 Å². The fourth-order valence-electron chi connectivity index (χ4n) is 2.59. The summed E-state index contributed by atoms with van der Waals surface area (Å²) in [5.74, 6) is 0. The van der Waals surface area contributed by atoms with E-state index in [2.05, 4.69) is 65.2 Å². The summed E-state index contributed by atoms with van der Waals surface area (Å²) in [6.07, 6.45) is 0. The molecule has 3 atom stereocenters. The second kappa shape index (κ2) is 3.51. The lowest BCUT2D eigenvalue weighted by Crippen LogP contribution is -2.71. The minimum absolute atomic E-state index is 0.0255. The van der Waals surface area contributed by atoms with Gasteiger partial charge >= 0.3 is 0 Å². The number of hydrogen-bond donors (Lipinski definition) is 4. The first-order valence-electron chi connectivity index (χ1n) is 4.89. The molecule has 0 aromatic heterocycles. The maximum Gasteiger partial charge on any atom is 0.0714 e. The molecule has 1 aliphatic heterocycles. The van der Waals surface area contributed by atoms with Gasteiger partial charge < -0.3 is 0 Å². The molecule has 1 saturated heterocycles. The molecule has 0 aromatic rings. The van der Waals surface area contributed by atoms with Crippen LogP contribution in [0.1, 0.15) is 34.6 Å². The zero-order valence-corrected chi connectivity index (χ0v) is 12.2. The molecule has 3 unspecified atom stereocenters. The lowest BCUT2D eigenvalue weighted by atomic mass is 9.70. The van der Waals surface area contributed by atoms with Gasteiger partial charge in [0, 0.05) is 16.0 Å². The standard InChI is InChI=1S/C10H21NS3/c1-8(2)6(12)9(3,4)11-10(5,14)7(8)13/h6-7,11-14H,1-5H3. The van der Waals surface area contributed by atoms with Gasteiger partial charge in [0.15, 0.2) is 0 Å². The van der Waals surface area contributed by atoms with Gasteiger partial charge in [-0.05, 0) is 26.2 Å². The van der Waals surface area contributed by atoms with E-state index in [9.17, 15) is 0 Å². The van der Waals surface area contributed by atoms with Crippen LogP contribution in [0.15, 0.2) is 0 Å². The van der Waals surface area contributed by atoms with Gasteiger partial charge in [-0.2, -0.15) is 37.9 Å². The van der Waals surface area contributed by atoms with Crippen molar-refractivity contribution in [3.8, 4) is 0 Å². The molecule has 1 fully saturated rings. The van der Waals surface area contributed by atoms with E-state index in [1.165, 1.54) is 0 Å². The second-order valence-corrected chi connectivity index (χ2v) is 7.58. The Morgan fingerprint density at radius 1 is 0.929 bits per heavy atom. The van der Waals surface area contributed by atoms with Crippen molar-refractivity contribution >= 4 is 37.9 Å². The Morgan fingerprint density at radius 3 is 1.79 bits per heavy atom. The third-order valence-corrected chi connectivity index (χ3v) is 6.27. The average molecular weight is 251 g/mol. The minimum Gasteiger partial charge on any atom is -0.296 e. The van der Waals surface area contributed by atoms with Gasteiger partial charge in [0.05, 0.1) is 4.87 Å². The fraction of sp³-hybridized carbons (Fsp3) is 1.00. The van der Waals surface area contributed by atoms with Crippen LogP contribution in [0.4, 0.5) is 0 Å². The molecule has 0 bridgehead atoms. The van der Waals surface area contributed by atoms with Crippen LogP contribution in [0.5, 0.6) is 0 Å². The highest BCUT2D eigenvalue weighted by atomic mass is 32.1. The predicted octanol–water partition coefficient (Wildman–Crippen LogP) is 2.64. The van der Waals surface area contributed by atoms with E-state index in [4.69, 9.17) is 12.6 Å². The molecule has 1 heterocycles. The Bertz CT molecular complexity index is 214. The molecular weight excluding hydrogens is 230 g/mol. The normalized spacial score (nSPS) is 46.3. The predicted molar refractivity (Wildman–Crippen MR) is 73.9 cm³/mol. The Hall–Kier alpha value is 1.01. The summed E-state index contributed by atoms with van der Waals surface area (Å²) in [5, 5.41) is 3.94. The van der Waals surface area contributed by atoms with E-state index in [1.807, 2.05) is 0 Å². The van der Waals surface area contributed by atoms with Gasteiger partial charge in [0.1, 0.15) is 0 Å². The van der Waals surface area contributed by atoms with Gasteiger partial charge in [-0.15, -0.1) is 0 Å². The van der Waals surface area contributed by atoms with Crippen LogP contribution in [0.25, 0.3) is 0 Å². The Labute approximate surface area is 104 Å². The van der Waals surface area contributed by atoms with E-state index < -0.39 is 0 Å². The first kappa shape index (κ1) is 13.1. The summed E-state index contributed by atoms with van der Waals surface area (Å²) < 4.78 is 0. The zero-order valence-electron chi connectivity index (χ0n) is 9.50. The monoisotopic (exact) mass is 251 g/mol. The van der Waals surface area contributed by atoms with Crippen LogP contribution >= 0.6 is 37.9 Å². The summed E-state index contributed by atoms with van der Waals surface area (Å²) in [4.78, 5) is -0.255. The summed E-state index contributed by atoms with van der Waals surface area (Å²) >= 11 is 14.0. The molecule has 0 aliphatic carbocycles. The molecule has 1 aliphatic rings. The van der Waals surface area contributed by atoms with E-state index in [-0.39, 0.29) is 26.3 Å². The molecule has 0 aromatic carbocycles. The van der Waals surface area contributed by atoms with Crippen molar-refractivity contribution in [2.45, 2.75) is 55.5 Å². The average Bonchev–Trinajstić information content (AvgIpc) is 1.97. The summed E-state index contributed by atoms with van der Waals surface area (Å²) in [5.41, 5.74) is 0.0276. The van der Waals surface area contributed by atoms with Crippen LogP contribution < -0.4 is 5.32 Å². The quantitative estimate of drug-likeness (QED) is 0.485. The third kappa shape index (κ3) is 1.95. The molecule has 0 radical (unpaired) electrons. The van der Waals surface area contributed by atoms with Crippen molar-refractivity contribution in [1.82, 2.24) is 5.32 Å². The fourth-order valence-corrected chi connectivity index (χ4v) is 3.76. The Balaban J connectivity index is 3.10. The van der Waals surface area contributed by atoms with Crippen molar-refractivity contribution in [3.05, 3.63) is 0 Å². The number of rotatable bonds is 0. The van der Waals surface area contributed by atoms with E-state index in [0.717, 1.165) is 0 Å². The molecule has 84 valence electrons. The molecule has 1 nitrogen and oxygen atoms in total. The van der Waals surface area contributed by atoms with Crippen LogP contribution in [0.3, 0.4) is 0 Å². The first-order chi connectivity index (χ1) is 6.02. The molecular formula is C10H21NS3. The van der Waals surface area contributed by atoms with Crippen LogP contribution in [-0.4, -0.2) is 20.9 Å². The van der Waals surface area contributed by atoms with E-state index in [0.29, 0.717) is 0 Å². The zero-order chi connectivity index (χ0) is 11.4. The Kier molecular flexibility index (Phi) is 3.27. The van der Waals surface area contributed by atoms with E-state index in [1.54, 1.807) is 0 Å². The van der Waals surface area contributed by atoms with Crippen LogP contribution in [0.2, 0.25) is 0 Å². The smallest absolute Gasteiger partial charge is 0.0714 e. The molecule has 14 heavy (non-hydrogen) atoms. The van der Waals surface area contributed by atoms with E-state index >= 15 is 0 Å². The highest BCUT2D eigenvalue weighted by Gasteiger charge is 2.54. The molecule has 1 N–H and O–H groups in total. The number of piperidine rings is 1. The molecule has 4 heteroatoms. The summed E-state index contributed by atoms with van der Waals surface area (Å²) in [7, 11) is 0. The number of hydrogen-bond acceptors (Lipinski definition) is 4.